The molecule has 2 aliphatic heterocycles. The van der Waals surface area contributed by atoms with Gasteiger partial charge in [0, 0.05) is 24.6 Å². The lowest BCUT2D eigenvalue weighted by Gasteiger charge is -2.29. The average Bonchev–Trinajstić information content (AvgIpc) is 3.29. The maximum Gasteiger partial charge on any atom is 0.221 e. The predicted molar refractivity (Wildman–Crippen MR) is 110 cm³/mol. The Balaban J connectivity index is 0.00000169. The summed E-state index contributed by atoms with van der Waals surface area (Å²) in [7, 11) is 1.71. The van der Waals surface area contributed by atoms with Crippen LogP contribution in [0.15, 0.2) is 24.3 Å². The lowest BCUT2D eigenvalue weighted by Crippen LogP contribution is -2.39. The van der Waals surface area contributed by atoms with Crippen molar-refractivity contribution in [1.29, 1.82) is 0 Å². The molecule has 2 fully saturated rings. The molecule has 2 unspecified atom stereocenters. The lowest BCUT2D eigenvalue weighted by atomic mass is 10.0. The van der Waals surface area contributed by atoms with Crippen molar-refractivity contribution < 1.29 is 9.53 Å². The molecule has 1 aromatic rings. The van der Waals surface area contributed by atoms with Crippen LogP contribution in [-0.2, 0) is 4.79 Å². The van der Waals surface area contributed by atoms with Gasteiger partial charge < -0.3 is 15.4 Å². The highest BCUT2D eigenvalue weighted by molar-refractivity contribution is 5.85. The van der Waals surface area contributed by atoms with Gasteiger partial charge in [0.1, 0.15) is 5.75 Å². The Morgan fingerprint density at radius 3 is 2.65 bits per heavy atom. The van der Waals surface area contributed by atoms with E-state index in [1.807, 2.05) is 18.2 Å². The summed E-state index contributed by atoms with van der Waals surface area (Å²) in [5, 5.41) is 6.55. The summed E-state index contributed by atoms with van der Waals surface area (Å²) in [5.41, 5.74) is 1.17. The van der Waals surface area contributed by atoms with Crippen LogP contribution in [-0.4, -0.2) is 50.1 Å². The average molecular weight is 404 g/mol. The maximum atomic E-state index is 12.3. The van der Waals surface area contributed by atoms with Gasteiger partial charge in [-0.2, -0.15) is 0 Å². The quantitative estimate of drug-likeness (QED) is 0.734. The molecule has 0 bridgehead atoms. The molecule has 0 aliphatic carbocycles. The van der Waals surface area contributed by atoms with Crippen LogP contribution in [0.25, 0.3) is 0 Å². The Morgan fingerprint density at radius 1 is 1.27 bits per heavy atom. The first-order valence-corrected chi connectivity index (χ1v) is 9.15. The molecular formula is C19H31Cl2N3O2. The molecule has 1 amide bonds. The number of rotatable bonds is 7. The summed E-state index contributed by atoms with van der Waals surface area (Å²) >= 11 is 0. The number of nitrogens with zero attached hydrogens (tertiary/aromatic N) is 1. The topological polar surface area (TPSA) is 53.6 Å². The van der Waals surface area contributed by atoms with E-state index in [0.29, 0.717) is 19.0 Å². The molecule has 5 nitrogen and oxygen atoms in total. The molecule has 2 N–H and O–H groups in total. The van der Waals surface area contributed by atoms with Crippen molar-refractivity contribution in [2.75, 3.05) is 33.3 Å². The van der Waals surface area contributed by atoms with Crippen LogP contribution in [0.3, 0.4) is 0 Å². The van der Waals surface area contributed by atoms with Crippen LogP contribution in [0, 0.1) is 0 Å². The molecule has 3 rings (SSSR count). The smallest absolute Gasteiger partial charge is 0.221 e. The fourth-order valence-corrected chi connectivity index (χ4v) is 3.87. The zero-order chi connectivity index (χ0) is 16.8. The van der Waals surface area contributed by atoms with Gasteiger partial charge in [0.15, 0.2) is 0 Å². The third-order valence-electron chi connectivity index (χ3n) is 5.17. The second kappa shape index (κ2) is 11.7. The maximum absolute atomic E-state index is 12.3. The minimum absolute atomic E-state index is 0. The number of carbonyl (C=O) groups is 1. The van der Waals surface area contributed by atoms with E-state index >= 15 is 0 Å². The van der Waals surface area contributed by atoms with Crippen LogP contribution in [0.5, 0.6) is 5.75 Å². The first-order chi connectivity index (χ1) is 11.8. The molecule has 0 spiro atoms. The molecule has 7 heteroatoms. The number of para-hydroxylation sites is 1. The fraction of sp³-hybridized carbons (Fsp3) is 0.632. The van der Waals surface area contributed by atoms with E-state index in [4.69, 9.17) is 4.74 Å². The number of amides is 1. The molecule has 148 valence electrons. The fourth-order valence-electron chi connectivity index (χ4n) is 3.87. The number of hydrogen-bond donors (Lipinski definition) is 2. The predicted octanol–water partition coefficient (Wildman–Crippen LogP) is 2.93. The van der Waals surface area contributed by atoms with E-state index in [1.54, 1.807) is 7.11 Å². The molecule has 2 aliphatic rings. The van der Waals surface area contributed by atoms with Gasteiger partial charge in [-0.25, -0.2) is 0 Å². The minimum Gasteiger partial charge on any atom is -0.496 e. The van der Waals surface area contributed by atoms with Gasteiger partial charge in [-0.1, -0.05) is 18.2 Å². The Morgan fingerprint density at radius 2 is 2.00 bits per heavy atom. The van der Waals surface area contributed by atoms with Crippen molar-refractivity contribution in [2.45, 2.75) is 44.2 Å². The van der Waals surface area contributed by atoms with Crippen LogP contribution >= 0.6 is 24.8 Å². The minimum atomic E-state index is 0. The van der Waals surface area contributed by atoms with Crippen LogP contribution in [0.1, 0.15) is 43.7 Å². The molecular weight excluding hydrogens is 373 g/mol. The normalized spacial score (nSPS) is 20.7. The summed E-state index contributed by atoms with van der Waals surface area (Å²) in [4.78, 5) is 14.8. The first kappa shape index (κ1) is 23.0. The zero-order valence-corrected chi connectivity index (χ0v) is 17.0. The van der Waals surface area contributed by atoms with Gasteiger partial charge in [0.2, 0.25) is 5.91 Å². The molecule has 2 saturated heterocycles. The number of ether oxygens (including phenoxy) is 1. The number of likely N-dealkylation sites (tertiary alicyclic amines) is 1. The third-order valence-corrected chi connectivity index (χ3v) is 5.17. The Kier molecular flexibility index (Phi) is 10.3. The van der Waals surface area contributed by atoms with Crippen molar-refractivity contribution in [3.05, 3.63) is 29.8 Å². The number of methoxy groups -OCH3 is 1. The van der Waals surface area contributed by atoms with Gasteiger partial charge in [-0.05, 0) is 51.4 Å². The summed E-state index contributed by atoms with van der Waals surface area (Å²) < 4.78 is 5.55. The number of nitrogens with one attached hydrogen (secondary N) is 2. The zero-order valence-electron chi connectivity index (χ0n) is 15.4. The van der Waals surface area contributed by atoms with Crippen LogP contribution < -0.4 is 15.4 Å². The van der Waals surface area contributed by atoms with E-state index in [9.17, 15) is 4.79 Å². The van der Waals surface area contributed by atoms with Gasteiger partial charge in [-0.15, -0.1) is 24.8 Å². The van der Waals surface area contributed by atoms with Crippen molar-refractivity contribution in [3.63, 3.8) is 0 Å². The Bertz CT molecular complexity index is 547. The highest BCUT2D eigenvalue weighted by Crippen LogP contribution is 2.31. The van der Waals surface area contributed by atoms with Gasteiger partial charge in [0.05, 0.1) is 13.2 Å². The van der Waals surface area contributed by atoms with E-state index in [2.05, 4.69) is 21.6 Å². The second-order valence-electron chi connectivity index (χ2n) is 6.80. The molecule has 0 aromatic heterocycles. The highest BCUT2D eigenvalue weighted by atomic mass is 35.5. The van der Waals surface area contributed by atoms with Crippen molar-refractivity contribution in [2.24, 2.45) is 0 Å². The van der Waals surface area contributed by atoms with Crippen molar-refractivity contribution in [3.8, 4) is 5.75 Å². The van der Waals surface area contributed by atoms with Gasteiger partial charge >= 0.3 is 0 Å². The van der Waals surface area contributed by atoms with E-state index in [-0.39, 0.29) is 36.8 Å². The standard InChI is InChI=1S/C19H29N3O2.2ClH/c1-24-18-9-3-2-8-16(18)17(22-11-4-5-12-22)14-21-19(23)13-15-7-6-10-20-15;;/h2-3,8-9,15,17,20H,4-7,10-14H2,1H3,(H,21,23);2*1H. The highest BCUT2D eigenvalue weighted by Gasteiger charge is 2.26. The first-order valence-electron chi connectivity index (χ1n) is 9.15. The monoisotopic (exact) mass is 403 g/mol. The van der Waals surface area contributed by atoms with Crippen LogP contribution in [0.4, 0.5) is 0 Å². The Labute approximate surface area is 169 Å². The van der Waals surface area contributed by atoms with Crippen molar-refractivity contribution >= 4 is 30.7 Å². The number of carbonyl (C=O) groups excluding carboxylic acids is 1. The molecule has 1 aromatic carbocycles. The van der Waals surface area contributed by atoms with Gasteiger partial charge in [-0.3, -0.25) is 9.69 Å². The van der Waals surface area contributed by atoms with E-state index in [0.717, 1.165) is 31.8 Å². The molecule has 0 radical (unpaired) electrons. The Hall–Kier alpha value is -1.01. The van der Waals surface area contributed by atoms with Crippen molar-refractivity contribution in [1.82, 2.24) is 15.5 Å². The summed E-state index contributed by atoms with van der Waals surface area (Å²) in [6.07, 6.45) is 5.32. The summed E-state index contributed by atoms with van der Waals surface area (Å²) in [5.74, 6) is 1.05. The van der Waals surface area contributed by atoms with Gasteiger partial charge in [0.25, 0.3) is 0 Å². The number of halogens is 2. The molecule has 26 heavy (non-hydrogen) atoms. The summed E-state index contributed by atoms with van der Waals surface area (Å²) in [6, 6.07) is 8.69. The third kappa shape index (κ3) is 6.02. The molecule has 2 heterocycles. The molecule has 0 saturated carbocycles. The number of hydrogen-bond acceptors (Lipinski definition) is 4. The number of benzene rings is 1. The molecule has 2 atom stereocenters. The van der Waals surface area contributed by atoms with E-state index in [1.165, 1.54) is 24.8 Å². The van der Waals surface area contributed by atoms with E-state index < -0.39 is 0 Å². The second-order valence-corrected chi connectivity index (χ2v) is 6.80. The summed E-state index contributed by atoms with van der Waals surface area (Å²) in [6.45, 7) is 3.85. The lowest BCUT2D eigenvalue weighted by molar-refractivity contribution is -0.121. The van der Waals surface area contributed by atoms with Crippen LogP contribution in [0.2, 0.25) is 0 Å². The SMILES string of the molecule is COc1ccccc1C(CNC(=O)CC1CCCN1)N1CCCC1.Cl.Cl. The largest absolute Gasteiger partial charge is 0.496 e.